The summed E-state index contributed by atoms with van der Waals surface area (Å²) >= 11 is 3.43. The van der Waals surface area contributed by atoms with E-state index in [-0.39, 0.29) is 0 Å². The number of benzene rings is 1. The molecule has 5 heteroatoms. The van der Waals surface area contributed by atoms with Gasteiger partial charge in [0.2, 0.25) is 0 Å². The second-order valence-electron chi connectivity index (χ2n) is 5.83. The van der Waals surface area contributed by atoms with Crippen LogP contribution in [0.15, 0.2) is 47.3 Å². The van der Waals surface area contributed by atoms with E-state index in [1.165, 1.54) is 16.5 Å². The Bertz CT molecular complexity index is 863. The minimum Gasteiger partial charge on any atom is -0.361 e. The van der Waals surface area contributed by atoms with Gasteiger partial charge in [-0.2, -0.15) is 5.26 Å². The van der Waals surface area contributed by atoms with E-state index in [9.17, 15) is 0 Å². The molecular weight excluding hydrogens is 364 g/mol. The van der Waals surface area contributed by atoms with Crippen molar-refractivity contribution in [3.8, 4) is 6.07 Å². The molecule has 0 spiro atoms. The zero-order valence-corrected chi connectivity index (χ0v) is 14.9. The van der Waals surface area contributed by atoms with Crippen LogP contribution in [0.3, 0.4) is 0 Å². The Hall–Kier alpha value is -2.16. The van der Waals surface area contributed by atoms with Crippen molar-refractivity contribution in [1.82, 2.24) is 15.3 Å². The van der Waals surface area contributed by atoms with Crippen molar-refractivity contribution in [3.05, 3.63) is 64.0 Å². The summed E-state index contributed by atoms with van der Waals surface area (Å²) in [6, 6.07) is 10.1. The SMILES string of the molecule is N#Cc1ccc2[nH]cc(CCCCNCc3cncc(Br)c3)c2c1. The van der Waals surface area contributed by atoms with Gasteiger partial charge in [-0.3, -0.25) is 4.98 Å². The third-order valence-corrected chi connectivity index (χ3v) is 4.47. The predicted molar refractivity (Wildman–Crippen MR) is 99.6 cm³/mol. The maximum Gasteiger partial charge on any atom is 0.0991 e. The largest absolute Gasteiger partial charge is 0.361 e. The maximum atomic E-state index is 9.03. The maximum absolute atomic E-state index is 9.03. The Morgan fingerprint density at radius 1 is 1.21 bits per heavy atom. The van der Waals surface area contributed by atoms with Crippen LogP contribution in [-0.2, 0) is 13.0 Å². The standard InChI is InChI=1S/C19H19BrN4/c20-17-7-15(11-23-13-17)10-22-6-2-1-3-16-12-24-19-5-4-14(9-21)8-18(16)19/h4-5,7-8,11-13,22,24H,1-3,6,10H2. The van der Waals surface area contributed by atoms with Gasteiger partial charge in [-0.15, -0.1) is 0 Å². The highest BCUT2D eigenvalue weighted by molar-refractivity contribution is 9.10. The molecule has 4 nitrogen and oxygen atoms in total. The lowest BCUT2D eigenvalue weighted by molar-refractivity contribution is 0.622. The van der Waals surface area contributed by atoms with Gasteiger partial charge in [0.1, 0.15) is 0 Å². The molecule has 2 N–H and O–H groups in total. The number of nitrogens with zero attached hydrogens (tertiary/aromatic N) is 2. The predicted octanol–water partition coefficient (Wildman–Crippen LogP) is 4.31. The van der Waals surface area contributed by atoms with Gasteiger partial charge in [-0.05, 0) is 77.1 Å². The lowest BCUT2D eigenvalue weighted by Crippen LogP contribution is -2.14. The number of aryl methyl sites for hydroxylation is 1. The van der Waals surface area contributed by atoms with Crippen molar-refractivity contribution in [1.29, 1.82) is 5.26 Å². The number of nitrogens with one attached hydrogen (secondary N) is 2. The number of nitriles is 1. The van der Waals surface area contributed by atoms with Crippen LogP contribution in [0.4, 0.5) is 0 Å². The first kappa shape index (κ1) is 16.7. The quantitative estimate of drug-likeness (QED) is 0.598. The van der Waals surface area contributed by atoms with Crippen LogP contribution in [-0.4, -0.2) is 16.5 Å². The van der Waals surface area contributed by atoms with E-state index in [0.717, 1.165) is 42.3 Å². The third-order valence-electron chi connectivity index (χ3n) is 4.04. The highest BCUT2D eigenvalue weighted by Gasteiger charge is 2.04. The molecule has 0 aliphatic heterocycles. The van der Waals surface area contributed by atoms with Crippen molar-refractivity contribution in [2.24, 2.45) is 0 Å². The van der Waals surface area contributed by atoms with E-state index in [2.05, 4.69) is 49.5 Å². The molecule has 0 bridgehead atoms. The summed E-state index contributed by atoms with van der Waals surface area (Å²) in [5.74, 6) is 0. The van der Waals surface area contributed by atoms with E-state index in [1.54, 1.807) is 6.20 Å². The zero-order chi connectivity index (χ0) is 16.8. The normalized spacial score (nSPS) is 10.8. The molecule has 0 saturated heterocycles. The van der Waals surface area contributed by atoms with Gasteiger partial charge in [0.05, 0.1) is 11.6 Å². The fraction of sp³-hybridized carbons (Fsp3) is 0.263. The minimum absolute atomic E-state index is 0.715. The Kier molecular flexibility index (Phi) is 5.63. The summed E-state index contributed by atoms with van der Waals surface area (Å²) in [5, 5.41) is 13.7. The van der Waals surface area contributed by atoms with Gasteiger partial charge in [0.25, 0.3) is 0 Å². The number of unbranched alkanes of at least 4 members (excludes halogenated alkanes) is 1. The van der Waals surface area contributed by atoms with E-state index >= 15 is 0 Å². The number of aromatic nitrogens is 2. The van der Waals surface area contributed by atoms with Gasteiger partial charge in [0.15, 0.2) is 0 Å². The van der Waals surface area contributed by atoms with Gasteiger partial charge < -0.3 is 10.3 Å². The molecule has 0 radical (unpaired) electrons. The van der Waals surface area contributed by atoms with Gasteiger partial charge in [-0.1, -0.05) is 0 Å². The third kappa shape index (κ3) is 4.22. The van der Waals surface area contributed by atoms with Crippen LogP contribution in [0.5, 0.6) is 0 Å². The number of pyridine rings is 1. The molecule has 122 valence electrons. The second-order valence-corrected chi connectivity index (χ2v) is 6.75. The molecule has 0 atom stereocenters. The number of rotatable bonds is 7. The summed E-state index contributed by atoms with van der Waals surface area (Å²) in [7, 11) is 0. The highest BCUT2D eigenvalue weighted by Crippen LogP contribution is 2.21. The van der Waals surface area contributed by atoms with Crippen LogP contribution in [0.2, 0.25) is 0 Å². The van der Waals surface area contributed by atoms with Gasteiger partial charge in [-0.25, -0.2) is 0 Å². The molecule has 2 aromatic heterocycles. The second kappa shape index (κ2) is 8.09. The number of aromatic amines is 1. The Labute approximate surface area is 150 Å². The number of hydrogen-bond donors (Lipinski definition) is 2. The Morgan fingerprint density at radius 2 is 2.12 bits per heavy atom. The number of hydrogen-bond acceptors (Lipinski definition) is 3. The molecule has 3 aromatic rings. The first-order valence-corrected chi connectivity index (χ1v) is 8.86. The molecule has 0 aliphatic carbocycles. The van der Waals surface area contributed by atoms with Crippen molar-refractivity contribution >= 4 is 26.8 Å². The van der Waals surface area contributed by atoms with Crippen molar-refractivity contribution in [2.45, 2.75) is 25.8 Å². The number of H-pyrrole nitrogens is 1. The summed E-state index contributed by atoms with van der Waals surface area (Å²) in [6.07, 6.45) is 9.00. The van der Waals surface area contributed by atoms with E-state index in [1.807, 2.05) is 24.4 Å². The van der Waals surface area contributed by atoms with Crippen LogP contribution in [0, 0.1) is 11.3 Å². The summed E-state index contributed by atoms with van der Waals surface area (Å²) in [6.45, 7) is 1.82. The van der Waals surface area contributed by atoms with Crippen LogP contribution >= 0.6 is 15.9 Å². The molecule has 0 aliphatic rings. The number of halogens is 1. The molecule has 0 saturated carbocycles. The van der Waals surface area contributed by atoms with E-state index in [0.29, 0.717) is 5.56 Å². The van der Waals surface area contributed by atoms with Crippen molar-refractivity contribution < 1.29 is 0 Å². The fourth-order valence-electron chi connectivity index (χ4n) is 2.81. The van der Waals surface area contributed by atoms with E-state index < -0.39 is 0 Å². The topological polar surface area (TPSA) is 64.5 Å². The number of fused-ring (bicyclic) bond motifs is 1. The average Bonchev–Trinajstić information content (AvgIpc) is 3.00. The molecule has 2 heterocycles. The smallest absolute Gasteiger partial charge is 0.0991 e. The molecule has 1 aromatic carbocycles. The van der Waals surface area contributed by atoms with Gasteiger partial charge >= 0.3 is 0 Å². The zero-order valence-electron chi connectivity index (χ0n) is 13.3. The molecule has 24 heavy (non-hydrogen) atoms. The molecule has 0 unspecified atom stereocenters. The lowest BCUT2D eigenvalue weighted by atomic mass is 10.1. The Balaban J connectivity index is 1.44. The van der Waals surface area contributed by atoms with Crippen LogP contribution in [0.1, 0.15) is 29.5 Å². The summed E-state index contributed by atoms with van der Waals surface area (Å²) in [4.78, 5) is 7.44. The summed E-state index contributed by atoms with van der Waals surface area (Å²) in [5.41, 5.74) is 4.29. The first-order valence-electron chi connectivity index (χ1n) is 8.06. The summed E-state index contributed by atoms with van der Waals surface area (Å²) < 4.78 is 1.01. The van der Waals surface area contributed by atoms with Crippen LogP contribution < -0.4 is 5.32 Å². The molecule has 3 rings (SSSR count). The first-order chi connectivity index (χ1) is 11.8. The highest BCUT2D eigenvalue weighted by atomic mass is 79.9. The minimum atomic E-state index is 0.715. The molecule has 0 amide bonds. The Morgan fingerprint density at radius 3 is 2.96 bits per heavy atom. The van der Waals surface area contributed by atoms with Gasteiger partial charge in [0, 0.05) is 40.5 Å². The average molecular weight is 383 g/mol. The fourth-order valence-corrected chi connectivity index (χ4v) is 3.22. The van der Waals surface area contributed by atoms with E-state index in [4.69, 9.17) is 5.26 Å². The van der Waals surface area contributed by atoms with Crippen molar-refractivity contribution in [3.63, 3.8) is 0 Å². The van der Waals surface area contributed by atoms with Crippen molar-refractivity contribution in [2.75, 3.05) is 6.54 Å². The monoisotopic (exact) mass is 382 g/mol. The molecular formula is C19H19BrN4. The lowest BCUT2D eigenvalue weighted by Gasteiger charge is -2.05. The van der Waals surface area contributed by atoms with Crippen LogP contribution in [0.25, 0.3) is 10.9 Å². The molecule has 0 fully saturated rings.